The van der Waals surface area contributed by atoms with Gasteiger partial charge in [0.2, 0.25) is 5.91 Å². The van der Waals surface area contributed by atoms with Crippen molar-refractivity contribution in [1.82, 2.24) is 15.6 Å². The van der Waals surface area contributed by atoms with Crippen molar-refractivity contribution in [3.63, 3.8) is 0 Å². The smallest absolute Gasteiger partial charge is 0.270 e. The van der Waals surface area contributed by atoms with Gasteiger partial charge >= 0.3 is 0 Å². The van der Waals surface area contributed by atoms with E-state index < -0.39 is 0 Å². The number of carbonyl (C=O) groups excluding carboxylic acids is 2. The molecule has 0 bridgehead atoms. The second kappa shape index (κ2) is 5.30. The number of carbonyl (C=O) groups is 2. The number of nitrogens with two attached hydrogens (primary N) is 1. The number of nitrogens with zero attached hydrogens (tertiary/aromatic N) is 1. The molecule has 0 unspecified atom stereocenters. The minimum Gasteiger partial charge on any atom is -0.375 e. The first kappa shape index (κ1) is 11.4. The number of hydrogen-bond donors (Lipinski definition) is 3. The van der Waals surface area contributed by atoms with Crippen LogP contribution in [-0.4, -0.2) is 30.4 Å². The number of nitrogen functional groups attached to an aromatic ring is 1. The average Bonchev–Trinajstić information content (AvgIpc) is 2.64. The summed E-state index contributed by atoms with van der Waals surface area (Å²) in [5.74, 6) is -0.431. The monoisotopic (exact) mass is 228 g/mol. The molecular weight excluding hydrogens is 216 g/mol. The van der Waals surface area contributed by atoms with E-state index in [2.05, 4.69) is 15.6 Å². The Morgan fingerprint density at radius 3 is 2.87 bits per heavy atom. The van der Waals surface area contributed by atoms with Crippen molar-refractivity contribution < 1.29 is 9.59 Å². The molecule has 0 aliphatic heterocycles. The molecule has 0 atom stereocenters. The van der Waals surface area contributed by atoms with E-state index >= 15 is 0 Å². The van der Waals surface area contributed by atoms with Gasteiger partial charge in [0.05, 0.1) is 0 Å². The maximum atomic E-state index is 11.4. The molecule has 1 aromatic rings. The summed E-state index contributed by atoms with van der Waals surface area (Å²) in [6.07, 6.45) is 0.252. The van der Waals surface area contributed by atoms with Gasteiger partial charge in [0.25, 0.3) is 5.91 Å². The van der Waals surface area contributed by atoms with E-state index in [-0.39, 0.29) is 30.5 Å². The summed E-state index contributed by atoms with van der Waals surface area (Å²) in [5, 5.41) is 6.95. The molecule has 0 fully saturated rings. The first-order valence-electron chi connectivity index (χ1n) is 4.33. The third-order valence-corrected chi connectivity index (χ3v) is 2.34. The van der Waals surface area contributed by atoms with Crippen LogP contribution in [0.1, 0.15) is 16.9 Å². The fourth-order valence-electron chi connectivity index (χ4n) is 0.897. The van der Waals surface area contributed by atoms with Crippen molar-refractivity contribution >= 4 is 28.3 Å². The van der Waals surface area contributed by atoms with E-state index in [0.717, 1.165) is 0 Å². The van der Waals surface area contributed by atoms with Gasteiger partial charge in [-0.2, -0.15) is 0 Å². The minimum absolute atomic E-state index is 0.118. The lowest BCUT2D eigenvalue weighted by Gasteiger charge is -2.01. The fourth-order valence-corrected chi connectivity index (χ4v) is 1.44. The van der Waals surface area contributed by atoms with Crippen LogP contribution in [0.15, 0.2) is 5.38 Å². The molecule has 0 saturated carbocycles. The summed E-state index contributed by atoms with van der Waals surface area (Å²) in [6.45, 7) is 0.288. The van der Waals surface area contributed by atoms with Crippen LogP contribution >= 0.6 is 11.3 Å². The molecule has 0 aliphatic carbocycles. The third kappa shape index (κ3) is 3.55. The second-order valence-electron chi connectivity index (χ2n) is 2.75. The van der Waals surface area contributed by atoms with Crippen LogP contribution in [0.25, 0.3) is 0 Å². The van der Waals surface area contributed by atoms with Crippen LogP contribution in [0.3, 0.4) is 0 Å². The molecule has 6 nitrogen and oxygen atoms in total. The van der Waals surface area contributed by atoms with Crippen LogP contribution in [0.4, 0.5) is 5.13 Å². The number of hydrogen-bond acceptors (Lipinski definition) is 5. The van der Waals surface area contributed by atoms with Gasteiger partial charge in [0.15, 0.2) is 5.13 Å². The Labute approximate surface area is 90.9 Å². The Kier molecular flexibility index (Phi) is 4.04. The number of amides is 2. The molecule has 7 heteroatoms. The SMILES string of the molecule is CNC(=O)CCNC(=O)c1csc(N)n1. The Bertz CT molecular complexity index is 363. The summed E-state index contributed by atoms with van der Waals surface area (Å²) in [5.41, 5.74) is 5.66. The van der Waals surface area contributed by atoms with Crippen LogP contribution in [0.2, 0.25) is 0 Å². The maximum absolute atomic E-state index is 11.4. The Balaban J connectivity index is 2.34. The summed E-state index contributed by atoms with van der Waals surface area (Å²) in [7, 11) is 1.55. The maximum Gasteiger partial charge on any atom is 0.270 e. The van der Waals surface area contributed by atoms with Crippen molar-refractivity contribution in [3.8, 4) is 0 Å². The average molecular weight is 228 g/mol. The standard InChI is InChI=1S/C8H12N4O2S/c1-10-6(13)2-3-11-7(14)5-4-15-8(9)12-5/h4H,2-3H2,1H3,(H2,9,12)(H,10,13)(H,11,14). The highest BCUT2D eigenvalue weighted by molar-refractivity contribution is 7.13. The molecule has 15 heavy (non-hydrogen) atoms. The van der Waals surface area contributed by atoms with Crippen molar-refractivity contribution in [2.75, 3.05) is 19.3 Å². The second-order valence-corrected chi connectivity index (χ2v) is 3.64. The van der Waals surface area contributed by atoms with E-state index in [1.165, 1.54) is 11.3 Å². The molecule has 1 heterocycles. The largest absolute Gasteiger partial charge is 0.375 e. The van der Waals surface area contributed by atoms with Gasteiger partial charge in [-0.15, -0.1) is 11.3 Å². The lowest BCUT2D eigenvalue weighted by molar-refractivity contribution is -0.120. The number of aromatic nitrogens is 1. The molecule has 0 spiro atoms. The molecular formula is C8H12N4O2S. The summed E-state index contributed by atoms with van der Waals surface area (Å²) >= 11 is 1.20. The molecule has 0 saturated heterocycles. The quantitative estimate of drug-likeness (QED) is 0.652. The molecule has 0 aromatic carbocycles. The Morgan fingerprint density at radius 1 is 1.60 bits per heavy atom. The van der Waals surface area contributed by atoms with Gasteiger partial charge in [-0.25, -0.2) is 4.98 Å². The molecule has 0 radical (unpaired) electrons. The van der Waals surface area contributed by atoms with E-state index in [9.17, 15) is 9.59 Å². The van der Waals surface area contributed by atoms with Crippen molar-refractivity contribution in [2.24, 2.45) is 0 Å². The van der Waals surface area contributed by atoms with Crippen molar-refractivity contribution in [3.05, 3.63) is 11.1 Å². The molecule has 0 aliphatic rings. The third-order valence-electron chi connectivity index (χ3n) is 1.67. The zero-order valence-corrected chi connectivity index (χ0v) is 9.06. The zero-order valence-electron chi connectivity index (χ0n) is 8.24. The van der Waals surface area contributed by atoms with Gasteiger partial charge in [-0.05, 0) is 0 Å². The van der Waals surface area contributed by atoms with E-state index in [1.54, 1.807) is 12.4 Å². The molecule has 82 valence electrons. The lowest BCUT2D eigenvalue weighted by atomic mass is 10.4. The van der Waals surface area contributed by atoms with Gasteiger partial charge in [0, 0.05) is 25.4 Å². The van der Waals surface area contributed by atoms with Crippen LogP contribution in [0.5, 0.6) is 0 Å². The van der Waals surface area contributed by atoms with E-state index in [4.69, 9.17) is 5.73 Å². The lowest BCUT2D eigenvalue weighted by Crippen LogP contribution is -2.29. The van der Waals surface area contributed by atoms with E-state index in [1.807, 2.05) is 0 Å². The topological polar surface area (TPSA) is 97.1 Å². The molecule has 1 rings (SSSR count). The van der Waals surface area contributed by atoms with Crippen molar-refractivity contribution in [1.29, 1.82) is 0 Å². The Hall–Kier alpha value is -1.63. The van der Waals surface area contributed by atoms with Gasteiger partial charge in [0.1, 0.15) is 5.69 Å². The van der Waals surface area contributed by atoms with Crippen LogP contribution in [-0.2, 0) is 4.79 Å². The number of thiazole rings is 1. The van der Waals surface area contributed by atoms with Gasteiger partial charge in [-0.1, -0.05) is 0 Å². The molecule has 2 amide bonds. The number of nitrogens with one attached hydrogen (secondary N) is 2. The first-order chi connectivity index (χ1) is 7.13. The summed E-state index contributed by atoms with van der Waals surface area (Å²) < 4.78 is 0. The number of rotatable bonds is 4. The summed E-state index contributed by atoms with van der Waals surface area (Å²) in [4.78, 5) is 26.0. The first-order valence-corrected chi connectivity index (χ1v) is 5.21. The normalized spacial score (nSPS) is 9.67. The minimum atomic E-state index is -0.313. The number of anilines is 1. The van der Waals surface area contributed by atoms with E-state index in [0.29, 0.717) is 5.13 Å². The van der Waals surface area contributed by atoms with Crippen molar-refractivity contribution in [2.45, 2.75) is 6.42 Å². The Morgan fingerprint density at radius 2 is 2.33 bits per heavy atom. The molecule has 1 aromatic heterocycles. The summed E-state index contributed by atoms with van der Waals surface area (Å²) in [6, 6.07) is 0. The van der Waals surface area contributed by atoms with Gasteiger partial charge in [-0.3, -0.25) is 9.59 Å². The highest BCUT2D eigenvalue weighted by Gasteiger charge is 2.09. The predicted molar refractivity (Wildman–Crippen MR) is 57.5 cm³/mol. The zero-order chi connectivity index (χ0) is 11.3. The van der Waals surface area contributed by atoms with Crippen LogP contribution in [0, 0.1) is 0 Å². The fraction of sp³-hybridized carbons (Fsp3) is 0.375. The van der Waals surface area contributed by atoms with Gasteiger partial charge < -0.3 is 16.4 Å². The van der Waals surface area contributed by atoms with Crippen LogP contribution < -0.4 is 16.4 Å². The molecule has 4 N–H and O–H groups in total. The highest BCUT2D eigenvalue weighted by Crippen LogP contribution is 2.10. The predicted octanol–water partition coefficient (Wildman–Crippen LogP) is -0.409. The highest BCUT2D eigenvalue weighted by atomic mass is 32.1.